The number of fused-ring (bicyclic) bond motifs is 1. The average molecular weight is 334 g/mol. The van der Waals surface area contributed by atoms with Gasteiger partial charge in [-0.05, 0) is 41.1 Å². The molecule has 0 spiro atoms. The zero-order valence-corrected chi connectivity index (χ0v) is 14.0. The number of hydrogen-bond acceptors (Lipinski definition) is 3. The number of ether oxygens (including phenoxy) is 1. The van der Waals surface area contributed by atoms with Gasteiger partial charge in [-0.2, -0.15) is 0 Å². The molecular weight excluding hydrogens is 316 g/mol. The van der Waals surface area contributed by atoms with Crippen LogP contribution in [0.2, 0.25) is 0 Å². The highest BCUT2D eigenvalue weighted by Gasteiger charge is 2.14. The summed E-state index contributed by atoms with van der Waals surface area (Å²) in [4.78, 5) is 23.9. The molecular formula is C20H18N2O3. The molecule has 0 saturated heterocycles. The quantitative estimate of drug-likeness (QED) is 0.756. The number of methoxy groups -OCH3 is 1. The lowest BCUT2D eigenvalue weighted by Crippen LogP contribution is -2.14. The van der Waals surface area contributed by atoms with Crippen molar-refractivity contribution in [1.29, 1.82) is 0 Å². The van der Waals surface area contributed by atoms with Crippen LogP contribution in [0.3, 0.4) is 0 Å². The van der Waals surface area contributed by atoms with Gasteiger partial charge in [-0.25, -0.2) is 0 Å². The van der Waals surface area contributed by atoms with E-state index in [1.165, 1.54) is 14.0 Å². The zero-order chi connectivity index (χ0) is 17.8. The van der Waals surface area contributed by atoms with E-state index in [9.17, 15) is 9.59 Å². The molecule has 0 saturated carbocycles. The molecule has 0 unspecified atom stereocenters. The first-order chi connectivity index (χ1) is 12.1. The Morgan fingerprint density at radius 3 is 2.12 bits per heavy atom. The van der Waals surface area contributed by atoms with E-state index < -0.39 is 0 Å². The SMILES string of the molecule is COc1cc2ccccc2cc1C(=O)Nc1cccc(NC(C)=O)c1. The molecule has 3 aromatic carbocycles. The molecule has 0 fully saturated rings. The highest BCUT2D eigenvalue weighted by Crippen LogP contribution is 2.27. The lowest BCUT2D eigenvalue weighted by molar-refractivity contribution is -0.114. The number of carbonyl (C=O) groups excluding carboxylic acids is 2. The van der Waals surface area contributed by atoms with Gasteiger partial charge in [0.2, 0.25) is 5.91 Å². The van der Waals surface area contributed by atoms with E-state index in [2.05, 4.69) is 10.6 Å². The van der Waals surface area contributed by atoms with Crippen LogP contribution in [-0.2, 0) is 4.79 Å². The molecule has 3 rings (SSSR count). The minimum absolute atomic E-state index is 0.167. The van der Waals surface area contributed by atoms with E-state index in [1.54, 1.807) is 30.3 Å². The van der Waals surface area contributed by atoms with Gasteiger partial charge < -0.3 is 15.4 Å². The fourth-order valence-electron chi connectivity index (χ4n) is 2.64. The molecule has 2 amide bonds. The van der Waals surface area contributed by atoms with Crippen LogP contribution in [0, 0.1) is 0 Å². The first kappa shape index (κ1) is 16.5. The Morgan fingerprint density at radius 2 is 1.48 bits per heavy atom. The molecule has 126 valence electrons. The van der Waals surface area contributed by atoms with Crippen molar-refractivity contribution >= 4 is 34.0 Å². The van der Waals surface area contributed by atoms with Crippen LogP contribution in [0.1, 0.15) is 17.3 Å². The van der Waals surface area contributed by atoms with Crippen molar-refractivity contribution in [3.05, 3.63) is 66.2 Å². The minimum atomic E-state index is -0.275. The Hall–Kier alpha value is -3.34. The van der Waals surface area contributed by atoms with E-state index in [1.807, 2.05) is 30.3 Å². The summed E-state index contributed by atoms with van der Waals surface area (Å²) >= 11 is 0. The van der Waals surface area contributed by atoms with E-state index in [4.69, 9.17) is 4.74 Å². The average Bonchev–Trinajstić information content (AvgIpc) is 2.60. The number of amides is 2. The number of nitrogens with one attached hydrogen (secondary N) is 2. The minimum Gasteiger partial charge on any atom is -0.496 e. The summed E-state index contributed by atoms with van der Waals surface area (Å²) in [5, 5.41) is 7.49. The second-order valence-corrected chi connectivity index (χ2v) is 5.62. The monoisotopic (exact) mass is 334 g/mol. The maximum atomic E-state index is 12.7. The Kier molecular flexibility index (Phi) is 4.66. The largest absolute Gasteiger partial charge is 0.496 e. The van der Waals surface area contributed by atoms with Gasteiger partial charge in [-0.3, -0.25) is 9.59 Å². The van der Waals surface area contributed by atoms with Crippen molar-refractivity contribution in [1.82, 2.24) is 0 Å². The number of carbonyl (C=O) groups is 2. The van der Waals surface area contributed by atoms with Gasteiger partial charge in [-0.1, -0.05) is 30.3 Å². The summed E-state index contributed by atoms with van der Waals surface area (Å²) in [6.45, 7) is 1.44. The molecule has 3 aromatic rings. The van der Waals surface area contributed by atoms with E-state index in [-0.39, 0.29) is 11.8 Å². The van der Waals surface area contributed by atoms with Crippen LogP contribution >= 0.6 is 0 Å². The molecule has 5 nitrogen and oxygen atoms in total. The molecule has 0 aliphatic carbocycles. The second kappa shape index (κ2) is 7.05. The number of hydrogen-bond donors (Lipinski definition) is 2. The van der Waals surface area contributed by atoms with E-state index >= 15 is 0 Å². The Bertz CT molecular complexity index is 951. The molecule has 0 bridgehead atoms. The van der Waals surface area contributed by atoms with Crippen LogP contribution in [0.5, 0.6) is 5.75 Å². The Balaban J connectivity index is 1.90. The van der Waals surface area contributed by atoms with Gasteiger partial charge in [-0.15, -0.1) is 0 Å². The smallest absolute Gasteiger partial charge is 0.259 e. The van der Waals surface area contributed by atoms with Crippen molar-refractivity contribution in [3.63, 3.8) is 0 Å². The van der Waals surface area contributed by atoms with Gasteiger partial charge >= 0.3 is 0 Å². The van der Waals surface area contributed by atoms with Crippen LogP contribution in [0.25, 0.3) is 10.8 Å². The molecule has 0 aliphatic heterocycles. The van der Waals surface area contributed by atoms with Crippen molar-refractivity contribution in [2.45, 2.75) is 6.92 Å². The summed E-state index contributed by atoms with van der Waals surface area (Å²) in [5.74, 6) is 0.0662. The normalized spacial score (nSPS) is 10.3. The molecule has 25 heavy (non-hydrogen) atoms. The van der Waals surface area contributed by atoms with Gasteiger partial charge in [0, 0.05) is 18.3 Å². The molecule has 0 atom stereocenters. The molecule has 0 radical (unpaired) electrons. The Morgan fingerprint density at radius 1 is 0.840 bits per heavy atom. The topological polar surface area (TPSA) is 67.4 Å². The number of rotatable bonds is 4. The standard InChI is InChI=1S/C20H18N2O3/c1-13(23)21-16-8-5-9-17(12-16)22-20(24)18-10-14-6-3-4-7-15(14)11-19(18)25-2/h3-12H,1-2H3,(H,21,23)(H,22,24). The lowest BCUT2D eigenvalue weighted by Gasteiger charge is -2.12. The maximum absolute atomic E-state index is 12.7. The van der Waals surface area contributed by atoms with Gasteiger partial charge in [0.1, 0.15) is 5.75 Å². The third kappa shape index (κ3) is 3.77. The lowest BCUT2D eigenvalue weighted by atomic mass is 10.1. The van der Waals surface area contributed by atoms with Crippen LogP contribution < -0.4 is 15.4 Å². The Labute approximate surface area is 145 Å². The number of anilines is 2. The van der Waals surface area contributed by atoms with E-state index in [0.29, 0.717) is 22.7 Å². The van der Waals surface area contributed by atoms with Gasteiger partial charge in [0.05, 0.1) is 12.7 Å². The van der Waals surface area contributed by atoms with Crippen LogP contribution in [-0.4, -0.2) is 18.9 Å². The first-order valence-electron chi connectivity index (χ1n) is 7.82. The van der Waals surface area contributed by atoms with Crippen LogP contribution in [0.15, 0.2) is 60.7 Å². The second-order valence-electron chi connectivity index (χ2n) is 5.62. The summed E-state index contributed by atoms with van der Waals surface area (Å²) < 4.78 is 5.37. The van der Waals surface area contributed by atoms with Crippen molar-refractivity contribution in [3.8, 4) is 5.75 Å². The van der Waals surface area contributed by atoms with Gasteiger partial charge in [0.15, 0.2) is 0 Å². The fourth-order valence-corrected chi connectivity index (χ4v) is 2.64. The highest BCUT2D eigenvalue weighted by atomic mass is 16.5. The summed E-state index contributed by atoms with van der Waals surface area (Å²) in [6.07, 6.45) is 0. The van der Waals surface area contributed by atoms with E-state index in [0.717, 1.165) is 10.8 Å². The highest BCUT2D eigenvalue weighted by molar-refractivity contribution is 6.09. The molecule has 5 heteroatoms. The first-order valence-corrected chi connectivity index (χ1v) is 7.82. The van der Waals surface area contributed by atoms with Gasteiger partial charge in [0.25, 0.3) is 5.91 Å². The van der Waals surface area contributed by atoms with Crippen molar-refractivity contribution in [2.24, 2.45) is 0 Å². The zero-order valence-electron chi connectivity index (χ0n) is 14.0. The predicted octanol–water partition coefficient (Wildman–Crippen LogP) is 4.06. The predicted molar refractivity (Wildman–Crippen MR) is 99.2 cm³/mol. The maximum Gasteiger partial charge on any atom is 0.259 e. The number of benzene rings is 3. The third-order valence-corrected chi connectivity index (χ3v) is 3.75. The third-order valence-electron chi connectivity index (χ3n) is 3.75. The van der Waals surface area contributed by atoms with Crippen LogP contribution in [0.4, 0.5) is 11.4 Å². The summed E-state index contributed by atoms with van der Waals surface area (Å²) in [5.41, 5.74) is 1.66. The molecule has 0 aliphatic rings. The summed E-state index contributed by atoms with van der Waals surface area (Å²) in [7, 11) is 1.54. The molecule has 2 N–H and O–H groups in total. The van der Waals surface area contributed by atoms with Crippen molar-refractivity contribution in [2.75, 3.05) is 17.7 Å². The molecule has 0 aromatic heterocycles. The fraction of sp³-hybridized carbons (Fsp3) is 0.100. The van der Waals surface area contributed by atoms with Crippen molar-refractivity contribution < 1.29 is 14.3 Å². The molecule has 0 heterocycles. The summed E-state index contributed by atoms with van der Waals surface area (Å²) in [6, 6.07) is 18.4.